The fraction of sp³-hybridized carbons (Fsp3) is 0.409. The second-order valence-electron chi connectivity index (χ2n) is 7.07. The summed E-state index contributed by atoms with van der Waals surface area (Å²) in [5.74, 6) is 2.27. The van der Waals surface area contributed by atoms with Crippen molar-refractivity contribution in [2.75, 3.05) is 34.9 Å². The molecule has 3 rings (SSSR count). The molecule has 2 N–H and O–H groups in total. The Balaban J connectivity index is 1.64. The highest BCUT2D eigenvalue weighted by Gasteiger charge is 2.45. The van der Waals surface area contributed by atoms with Crippen molar-refractivity contribution in [1.29, 1.82) is 0 Å². The number of guanidine groups is 1. The molecule has 0 radical (unpaired) electrons. The van der Waals surface area contributed by atoms with E-state index in [1.165, 1.54) is 6.07 Å². The fourth-order valence-corrected chi connectivity index (χ4v) is 3.48. The molecule has 2 aromatic carbocycles. The maximum atomic E-state index is 14.2. The molecule has 0 atom stereocenters. The number of methoxy groups -OCH3 is 3. The molecule has 7 heteroatoms. The van der Waals surface area contributed by atoms with Gasteiger partial charge >= 0.3 is 0 Å². The zero-order valence-corrected chi connectivity index (χ0v) is 17.3. The average molecular weight is 401 g/mol. The van der Waals surface area contributed by atoms with Crippen LogP contribution < -0.4 is 24.8 Å². The third-order valence-corrected chi connectivity index (χ3v) is 5.30. The summed E-state index contributed by atoms with van der Waals surface area (Å²) in [6.45, 7) is 1.14. The van der Waals surface area contributed by atoms with Gasteiger partial charge in [-0.2, -0.15) is 0 Å². The van der Waals surface area contributed by atoms with Crippen LogP contribution in [0.2, 0.25) is 0 Å². The molecule has 2 aromatic rings. The van der Waals surface area contributed by atoms with E-state index in [9.17, 15) is 4.39 Å². The quantitative estimate of drug-likeness (QED) is 0.525. The fourth-order valence-electron chi connectivity index (χ4n) is 3.48. The van der Waals surface area contributed by atoms with E-state index in [0.29, 0.717) is 36.3 Å². The molecular formula is C22H28FN3O3. The van der Waals surface area contributed by atoms with Gasteiger partial charge in [0.25, 0.3) is 0 Å². The van der Waals surface area contributed by atoms with Gasteiger partial charge in [0.15, 0.2) is 17.5 Å². The van der Waals surface area contributed by atoms with Gasteiger partial charge in [0.1, 0.15) is 5.82 Å². The number of hydrogen-bond donors (Lipinski definition) is 2. The normalized spacial score (nSPS) is 14.9. The molecule has 0 spiro atoms. The molecule has 0 bridgehead atoms. The Hall–Kier alpha value is -2.96. The van der Waals surface area contributed by atoms with Crippen LogP contribution in [0.3, 0.4) is 0 Å². The Morgan fingerprint density at radius 3 is 2.21 bits per heavy atom. The van der Waals surface area contributed by atoms with Crippen LogP contribution in [0.5, 0.6) is 17.2 Å². The molecule has 0 unspecified atom stereocenters. The molecule has 1 aliphatic carbocycles. The molecule has 0 amide bonds. The Morgan fingerprint density at radius 1 is 1.03 bits per heavy atom. The zero-order valence-electron chi connectivity index (χ0n) is 17.3. The summed E-state index contributed by atoms with van der Waals surface area (Å²) in [6.07, 6.45) is 1.93. The lowest BCUT2D eigenvalue weighted by Crippen LogP contribution is -2.41. The van der Waals surface area contributed by atoms with Crippen LogP contribution >= 0.6 is 0 Å². The largest absolute Gasteiger partial charge is 0.493 e. The first kappa shape index (κ1) is 20.8. The van der Waals surface area contributed by atoms with Gasteiger partial charge in [-0.05, 0) is 42.2 Å². The number of rotatable bonds is 8. The topological polar surface area (TPSA) is 64.1 Å². The van der Waals surface area contributed by atoms with Crippen LogP contribution in [-0.2, 0) is 12.0 Å². The molecule has 0 saturated heterocycles. The molecule has 1 saturated carbocycles. The summed E-state index contributed by atoms with van der Waals surface area (Å²) < 4.78 is 30.4. The molecule has 1 fully saturated rings. The summed E-state index contributed by atoms with van der Waals surface area (Å²) in [4.78, 5) is 4.28. The van der Waals surface area contributed by atoms with Gasteiger partial charge in [-0.1, -0.05) is 18.2 Å². The molecular weight excluding hydrogens is 373 g/mol. The van der Waals surface area contributed by atoms with Gasteiger partial charge in [-0.15, -0.1) is 0 Å². The minimum Gasteiger partial charge on any atom is -0.493 e. The lowest BCUT2D eigenvalue weighted by molar-refractivity contribution is 0.323. The molecule has 0 aliphatic heterocycles. The van der Waals surface area contributed by atoms with Crippen molar-refractivity contribution in [2.24, 2.45) is 4.99 Å². The predicted molar refractivity (Wildman–Crippen MR) is 112 cm³/mol. The zero-order chi connectivity index (χ0) is 20.9. The Kier molecular flexibility index (Phi) is 6.46. The number of aliphatic imine (C=N–C) groups is 1. The van der Waals surface area contributed by atoms with E-state index < -0.39 is 0 Å². The number of ether oxygens (including phenoxy) is 3. The summed E-state index contributed by atoms with van der Waals surface area (Å²) in [5.41, 5.74) is 1.57. The van der Waals surface area contributed by atoms with E-state index in [1.54, 1.807) is 34.4 Å². The van der Waals surface area contributed by atoms with Gasteiger partial charge in [0, 0.05) is 25.6 Å². The van der Waals surface area contributed by atoms with E-state index in [2.05, 4.69) is 15.6 Å². The highest BCUT2D eigenvalue weighted by atomic mass is 19.1. The number of benzene rings is 2. The Morgan fingerprint density at radius 2 is 1.69 bits per heavy atom. The first-order valence-electron chi connectivity index (χ1n) is 9.55. The molecule has 6 nitrogen and oxygen atoms in total. The standard InChI is InChI=1S/C22H28FN3O3/c1-24-21(26-14-22(9-10-22)16-7-5-6-8-17(16)23)25-13-15-11-18(27-2)20(29-4)19(12-15)28-3/h5-8,11-12H,9-10,13-14H2,1-4H3,(H2,24,25,26). The van der Waals surface area contributed by atoms with Gasteiger partial charge in [0.05, 0.1) is 21.3 Å². The van der Waals surface area contributed by atoms with Crippen LogP contribution in [0.25, 0.3) is 0 Å². The SMILES string of the molecule is CN=C(NCc1cc(OC)c(OC)c(OC)c1)NCC1(c2ccccc2F)CC1. The number of nitrogens with one attached hydrogen (secondary N) is 2. The lowest BCUT2D eigenvalue weighted by atomic mass is 9.95. The van der Waals surface area contributed by atoms with E-state index in [-0.39, 0.29) is 11.2 Å². The van der Waals surface area contributed by atoms with Crippen LogP contribution in [0, 0.1) is 5.82 Å². The van der Waals surface area contributed by atoms with Crippen LogP contribution in [0.15, 0.2) is 41.4 Å². The van der Waals surface area contributed by atoms with E-state index in [1.807, 2.05) is 24.3 Å². The second-order valence-corrected chi connectivity index (χ2v) is 7.07. The molecule has 156 valence electrons. The van der Waals surface area contributed by atoms with Crippen molar-refractivity contribution in [3.8, 4) is 17.2 Å². The van der Waals surface area contributed by atoms with Gasteiger partial charge in [-0.3, -0.25) is 4.99 Å². The maximum absolute atomic E-state index is 14.2. The van der Waals surface area contributed by atoms with E-state index in [0.717, 1.165) is 24.0 Å². The minimum atomic E-state index is -0.157. The van der Waals surface area contributed by atoms with Gasteiger partial charge < -0.3 is 24.8 Å². The monoisotopic (exact) mass is 401 g/mol. The number of nitrogens with zero attached hydrogens (tertiary/aromatic N) is 1. The molecule has 1 aliphatic rings. The molecule has 29 heavy (non-hydrogen) atoms. The summed E-state index contributed by atoms with van der Waals surface area (Å²) in [7, 11) is 6.47. The maximum Gasteiger partial charge on any atom is 0.203 e. The first-order valence-corrected chi connectivity index (χ1v) is 9.55. The van der Waals surface area contributed by atoms with Crippen molar-refractivity contribution in [3.05, 3.63) is 53.3 Å². The summed E-state index contributed by atoms with van der Waals surface area (Å²) >= 11 is 0. The van der Waals surface area contributed by atoms with Crippen molar-refractivity contribution in [3.63, 3.8) is 0 Å². The van der Waals surface area contributed by atoms with Crippen molar-refractivity contribution in [2.45, 2.75) is 24.8 Å². The molecule has 0 heterocycles. The van der Waals surface area contributed by atoms with Crippen LogP contribution in [0.1, 0.15) is 24.0 Å². The van der Waals surface area contributed by atoms with Crippen molar-refractivity contribution in [1.82, 2.24) is 10.6 Å². The highest BCUT2D eigenvalue weighted by molar-refractivity contribution is 5.80. The average Bonchev–Trinajstić information content (AvgIpc) is 3.54. The predicted octanol–water partition coefficient (Wildman–Crippen LogP) is 3.25. The Bertz CT molecular complexity index is 856. The summed E-state index contributed by atoms with van der Waals surface area (Å²) in [5, 5.41) is 6.62. The van der Waals surface area contributed by atoms with Crippen LogP contribution in [-0.4, -0.2) is 40.9 Å². The van der Waals surface area contributed by atoms with Gasteiger partial charge in [-0.25, -0.2) is 4.39 Å². The number of halogens is 1. The smallest absolute Gasteiger partial charge is 0.203 e. The van der Waals surface area contributed by atoms with Crippen molar-refractivity contribution < 1.29 is 18.6 Å². The van der Waals surface area contributed by atoms with Gasteiger partial charge in [0.2, 0.25) is 5.75 Å². The number of hydrogen-bond acceptors (Lipinski definition) is 4. The minimum absolute atomic E-state index is 0.146. The summed E-state index contributed by atoms with van der Waals surface area (Å²) in [6, 6.07) is 10.8. The van der Waals surface area contributed by atoms with Crippen LogP contribution in [0.4, 0.5) is 4.39 Å². The Labute approximate surface area is 171 Å². The highest BCUT2D eigenvalue weighted by Crippen LogP contribution is 2.48. The lowest BCUT2D eigenvalue weighted by Gasteiger charge is -2.20. The van der Waals surface area contributed by atoms with Crippen molar-refractivity contribution >= 4 is 5.96 Å². The van der Waals surface area contributed by atoms with E-state index >= 15 is 0 Å². The third kappa shape index (κ3) is 4.55. The first-order chi connectivity index (χ1) is 14.1. The molecule has 0 aromatic heterocycles. The van der Waals surface area contributed by atoms with E-state index in [4.69, 9.17) is 14.2 Å². The second kappa shape index (κ2) is 9.03. The third-order valence-electron chi connectivity index (χ3n) is 5.30.